The molecule has 1 amide bonds. The summed E-state index contributed by atoms with van der Waals surface area (Å²) in [5.41, 5.74) is 2.07. The number of nitrogens with one attached hydrogen (secondary N) is 1. The van der Waals surface area contributed by atoms with E-state index in [0.29, 0.717) is 18.9 Å². The number of carbonyl (C=O) groups excluding carboxylic acids is 1. The van der Waals surface area contributed by atoms with Gasteiger partial charge in [-0.05, 0) is 31.3 Å². The van der Waals surface area contributed by atoms with Gasteiger partial charge in [-0.15, -0.1) is 0 Å². The molecule has 100 valence electrons. The first-order valence-electron chi connectivity index (χ1n) is 6.48. The summed E-state index contributed by atoms with van der Waals surface area (Å²) in [6.45, 7) is 5.02. The van der Waals surface area contributed by atoms with E-state index < -0.39 is 5.97 Å². The number of hydrogen-bond acceptors (Lipinski definition) is 3. The van der Waals surface area contributed by atoms with Gasteiger partial charge < -0.3 is 15.3 Å². The lowest BCUT2D eigenvalue weighted by atomic mass is 10.0. The van der Waals surface area contributed by atoms with Crippen LogP contribution in [-0.2, 0) is 9.59 Å². The van der Waals surface area contributed by atoms with Crippen LogP contribution in [0.5, 0.6) is 0 Å². The largest absolute Gasteiger partial charge is 0.481 e. The quantitative estimate of drug-likeness (QED) is 0.720. The molecule has 18 heavy (non-hydrogen) atoms. The number of carboxylic acids is 1. The summed E-state index contributed by atoms with van der Waals surface area (Å²) in [4.78, 5) is 24.6. The Morgan fingerprint density at radius 1 is 1.44 bits per heavy atom. The summed E-state index contributed by atoms with van der Waals surface area (Å²) in [5.74, 6) is -0.273. The number of rotatable bonds is 4. The third-order valence-electron chi connectivity index (χ3n) is 3.87. The number of amides is 1. The topological polar surface area (TPSA) is 69.6 Å². The van der Waals surface area contributed by atoms with Crippen molar-refractivity contribution in [3.05, 3.63) is 11.1 Å². The molecule has 0 saturated carbocycles. The predicted molar refractivity (Wildman–Crippen MR) is 67.1 cm³/mol. The Kier molecular flexibility index (Phi) is 4.01. The van der Waals surface area contributed by atoms with Crippen LogP contribution < -0.4 is 5.32 Å². The summed E-state index contributed by atoms with van der Waals surface area (Å²) in [5, 5.41) is 11.8. The molecule has 0 aromatic rings. The Balaban J connectivity index is 1.84. The van der Waals surface area contributed by atoms with Crippen LogP contribution in [0.3, 0.4) is 0 Å². The molecule has 2 heterocycles. The van der Waals surface area contributed by atoms with Gasteiger partial charge in [0.05, 0.1) is 0 Å². The second-order valence-electron chi connectivity index (χ2n) is 5.17. The summed E-state index contributed by atoms with van der Waals surface area (Å²) in [6.07, 6.45) is 1.81. The molecule has 2 aliphatic heterocycles. The molecule has 0 bridgehead atoms. The Labute approximate surface area is 107 Å². The molecule has 5 heteroatoms. The smallest absolute Gasteiger partial charge is 0.303 e. The Hall–Kier alpha value is -1.36. The van der Waals surface area contributed by atoms with Crippen molar-refractivity contribution >= 4 is 11.9 Å². The van der Waals surface area contributed by atoms with Gasteiger partial charge in [-0.3, -0.25) is 9.59 Å². The fourth-order valence-corrected chi connectivity index (χ4v) is 2.48. The molecular weight excluding hydrogens is 232 g/mol. The van der Waals surface area contributed by atoms with Crippen molar-refractivity contribution in [1.82, 2.24) is 10.2 Å². The van der Waals surface area contributed by atoms with Crippen LogP contribution in [0.2, 0.25) is 0 Å². The molecule has 2 fully saturated rings. The number of hydrogen-bond donors (Lipinski definition) is 2. The fraction of sp³-hybridized carbons (Fsp3) is 0.692. The van der Waals surface area contributed by atoms with E-state index in [9.17, 15) is 9.59 Å². The maximum absolute atomic E-state index is 12.2. The lowest BCUT2D eigenvalue weighted by Gasteiger charge is -2.24. The van der Waals surface area contributed by atoms with Crippen molar-refractivity contribution < 1.29 is 14.7 Å². The molecular formula is C13H20N2O3. The number of carboxylic acid groups (broad SMARTS) is 1. The van der Waals surface area contributed by atoms with E-state index in [1.807, 2.05) is 11.8 Å². The monoisotopic (exact) mass is 252 g/mol. The summed E-state index contributed by atoms with van der Waals surface area (Å²) >= 11 is 0. The normalized spacial score (nSPS) is 22.8. The highest BCUT2D eigenvalue weighted by Crippen LogP contribution is 2.23. The van der Waals surface area contributed by atoms with Gasteiger partial charge in [0.2, 0.25) is 5.91 Å². The summed E-state index contributed by atoms with van der Waals surface area (Å²) in [7, 11) is 0. The molecule has 5 nitrogen and oxygen atoms in total. The van der Waals surface area contributed by atoms with E-state index in [2.05, 4.69) is 5.32 Å². The average Bonchev–Trinajstić information content (AvgIpc) is 2.71. The van der Waals surface area contributed by atoms with Crippen molar-refractivity contribution in [2.45, 2.75) is 26.2 Å². The Morgan fingerprint density at radius 3 is 2.72 bits per heavy atom. The van der Waals surface area contributed by atoms with Crippen LogP contribution in [0.15, 0.2) is 11.1 Å². The van der Waals surface area contributed by atoms with Crippen molar-refractivity contribution in [3.8, 4) is 0 Å². The molecule has 1 unspecified atom stereocenters. The van der Waals surface area contributed by atoms with E-state index in [1.54, 1.807) is 0 Å². The summed E-state index contributed by atoms with van der Waals surface area (Å²) < 4.78 is 0. The zero-order chi connectivity index (χ0) is 13.1. The average molecular weight is 252 g/mol. The van der Waals surface area contributed by atoms with Crippen molar-refractivity contribution in [1.29, 1.82) is 0 Å². The highest BCUT2D eigenvalue weighted by atomic mass is 16.4. The van der Waals surface area contributed by atoms with Gasteiger partial charge in [-0.2, -0.15) is 0 Å². The van der Waals surface area contributed by atoms with Gasteiger partial charge in [0, 0.05) is 38.2 Å². The molecule has 2 saturated heterocycles. The SMILES string of the molecule is CC(C(=O)N1CCC(CCC(=O)O)C1)=C1CNC1. The fourth-order valence-electron chi connectivity index (χ4n) is 2.48. The van der Waals surface area contributed by atoms with Gasteiger partial charge in [-0.25, -0.2) is 0 Å². The maximum atomic E-state index is 12.2. The second-order valence-corrected chi connectivity index (χ2v) is 5.17. The van der Waals surface area contributed by atoms with Gasteiger partial charge >= 0.3 is 5.97 Å². The van der Waals surface area contributed by atoms with Crippen LogP contribution in [0.25, 0.3) is 0 Å². The third kappa shape index (κ3) is 2.90. The van der Waals surface area contributed by atoms with Crippen LogP contribution in [0.4, 0.5) is 0 Å². The van der Waals surface area contributed by atoms with Crippen molar-refractivity contribution in [2.75, 3.05) is 26.2 Å². The molecule has 0 aromatic heterocycles. The standard InChI is InChI=1S/C13H20N2O3/c1-9(11-6-14-7-11)13(18)15-5-4-10(8-15)2-3-12(16)17/h10,14H,2-8H2,1H3,(H,16,17). The van der Waals surface area contributed by atoms with E-state index in [4.69, 9.17) is 5.11 Å². The molecule has 0 spiro atoms. The zero-order valence-electron chi connectivity index (χ0n) is 10.7. The number of aliphatic carboxylic acids is 1. The minimum Gasteiger partial charge on any atom is -0.481 e. The second kappa shape index (κ2) is 5.52. The van der Waals surface area contributed by atoms with E-state index >= 15 is 0 Å². The van der Waals surface area contributed by atoms with Gasteiger partial charge in [-0.1, -0.05) is 0 Å². The van der Waals surface area contributed by atoms with E-state index in [0.717, 1.165) is 31.6 Å². The highest BCUT2D eigenvalue weighted by Gasteiger charge is 2.28. The van der Waals surface area contributed by atoms with E-state index in [1.165, 1.54) is 5.57 Å². The first-order chi connectivity index (χ1) is 8.58. The number of nitrogens with zero attached hydrogens (tertiary/aromatic N) is 1. The minimum atomic E-state index is -0.751. The molecule has 0 radical (unpaired) electrons. The van der Waals surface area contributed by atoms with Crippen molar-refractivity contribution in [2.24, 2.45) is 5.92 Å². The van der Waals surface area contributed by atoms with Gasteiger partial charge in [0.15, 0.2) is 0 Å². The lowest BCUT2D eigenvalue weighted by Crippen LogP contribution is -2.38. The lowest BCUT2D eigenvalue weighted by molar-refractivity contribution is -0.137. The first-order valence-corrected chi connectivity index (χ1v) is 6.48. The van der Waals surface area contributed by atoms with Gasteiger partial charge in [0.1, 0.15) is 0 Å². The third-order valence-corrected chi connectivity index (χ3v) is 3.87. The molecule has 1 atom stereocenters. The van der Waals surface area contributed by atoms with E-state index in [-0.39, 0.29) is 12.3 Å². The number of carbonyl (C=O) groups is 2. The molecule has 2 N–H and O–H groups in total. The Bertz CT molecular complexity index is 384. The minimum absolute atomic E-state index is 0.129. The molecule has 2 aliphatic rings. The molecule has 2 rings (SSSR count). The molecule has 0 aliphatic carbocycles. The predicted octanol–water partition coefficient (Wildman–Crippen LogP) is 0.619. The molecule has 0 aromatic carbocycles. The zero-order valence-corrected chi connectivity index (χ0v) is 10.7. The van der Waals surface area contributed by atoms with Crippen LogP contribution in [0, 0.1) is 5.92 Å². The number of likely N-dealkylation sites (tertiary alicyclic amines) is 1. The van der Waals surface area contributed by atoms with Crippen LogP contribution in [-0.4, -0.2) is 48.1 Å². The van der Waals surface area contributed by atoms with Crippen LogP contribution >= 0.6 is 0 Å². The highest BCUT2D eigenvalue weighted by molar-refractivity contribution is 5.94. The Morgan fingerprint density at radius 2 is 2.17 bits per heavy atom. The van der Waals surface area contributed by atoms with Crippen LogP contribution in [0.1, 0.15) is 26.2 Å². The maximum Gasteiger partial charge on any atom is 0.303 e. The van der Waals surface area contributed by atoms with Gasteiger partial charge in [0.25, 0.3) is 0 Å². The first kappa shape index (κ1) is 13.1. The summed E-state index contributed by atoms with van der Waals surface area (Å²) in [6, 6.07) is 0. The van der Waals surface area contributed by atoms with Crippen molar-refractivity contribution in [3.63, 3.8) is 0 Å².